The summed E-state index contributed by atoms with van der Waals surface area (Å²) in [5.41, 5.74) is 4.75. The van der Waals surface area contributed by atoms with Gasteiger partial charge in [0.15, 0.2) is 0 Å². The van der Waals surface area contributed by atoms with Crippen molar-refractivity contribution in [2.45, 2.75) is 38.1 Å². The molecule has 0 radical (unpaired) electrons. The lowest BCUT2D eigenvalue weighted by Crippen LogP contribution is -2.56. The number of nitrogens with one attached hydrogen (secondary N) is 1. The van der Waals surface area contributed by atoms with E-state index in [-0.39, 0.29) is 11.4 Å². The predicted molar refractivity (Wildman–Crippen MR) is 156 cm³/mol. The molecular formula is C33H36N4O. The van der Waals surface area contributed by atoms with Gasteiger partial charge in [-0.1, -0.05) is 61.5 Å². The summed E-state index contributed by atoms with van der Waals surface area (Å²) in [6.07, 6.45) is 4.78. The third kappa shape index (κ3) is 4.91. The van der Waals surface area contributed by atoms with Crippen LogP contribution in [-0.2, 0) is 5.54 Å². The molecule has 1 aromatic heterocycles. The summed E-state index contributed by atoms with van der Waals surface area (Å²) in [5, 5.41) is 4.17. The van der Waals surface area contributed by atoms with E-state index in [0.717, 1.165) is 61.5 Å². The number of hydrogen-bond acceptors (Lipinski definition) is 4. The van der Waals surface area contributed by atoms with Crippen LogP contribution in [0.5, 0.6) is 0 Å². The van der Waals surface area contributed by atoms with Crippen LogP contribution in [0.3, 0.4) is 0 Å². The summed E-state index contributed by atoms with van der Waals surface area (Å²) in [5.74, 6) is 0.589. The fourth-order valence-electron chi connectivity index (χ4n) is 6.33. The Bertz CT molecular complexity index is 1400. The fraction of sp³-hybridized carbons (Fsp3) is 0.333. The van der Waals surface area contributed by atoms with Gasteiger partial charge in [-0.25, -0.2) is 4.98 Å². The number of nitrogens with zero attached hydrogens (tertiary/aromatic N) is 3. The summed E-state index contributed by atoms with van der Waals surface area (Å²) < 4.78 is 0. The number of fused-ring (bicyclic) bond motifs is 1. The van der Waals surface area contributed by atoms with Crippen molar-refractivity contribution in [2.75, 3.05) is 36.4 Å². The first-order chi connectivity index (χ1) is 18.6. The normalized spacial score (nSPS) is 22.3. The van der Waals surface area contributed by atoms with E-state index in [9.17, 15) is 4.79 Å². The van der Waals surface area contributed by atoms with E-state index < -0.39 is 0 Å². The molecule has 2 heterocycles. The molecule has 4 aromatic rings. The Morgan fingerprint density at radius 1 is 0.842 bits per heavy atom. The van der Waals surface area contributed by atoms with E-state index >= 15 is 0 Å². The van der Waals surface area contributed by atoms with Crippen molar-refractivity contribution in [3.8, 4) is 0 Å². The zero-order chi connectivity index (χ0) is 26.0. The van der Waals surface area contributed by atoms with Crippen LogP contribution in [0.2, 0.25) is 0 Å². The quantitative estimate of drug-likeness (QED) is 0.328. The van der Waals surface area contributed by atoms with Gasteiger partial charge < -0.3 is 10.2 Å². The van der Waals surface area contributed by atoms with E-state index in [4.69, 9.17) is 0 Å². The molecule has 1 aliphatic carbocycles. The number of para-hydroxylation sites is 2. The van der Waals surface area contributed by atoms with E-state index in [0.29, 0.717) is 5.69 Å². The van der Waals surface area contributed by atoms with Crippen LogP contribution >= 0.6 is 0 Å². The molecule has 0 atom stereocenters. The Hall–Kier alpha value is -3.70. The van der Waals surface area contributed by atoms with Gasteiger partial charge in [-0.05, 0) is 73.6 Å². The van der Waals surface area contributed by atoms with E-state index in [1.807, 2.05) is 36.4 Å². The highest BCUT2D eigenvalue weighted by Crippen LogP contribution is 2.45. The van der Waals surface area contributed by atoms with Crippen LogP contribution < -0.4 is 10.2 Å². The van der Waals surface area contributed by atoms with Gasteiger partial charge in [-0.3, -0.25) is 9.69 Å². The van der Waals surface area contributed by atoms with Gasteiger partial charge in [0.1, 0.15) is 5.69 Å². The minimum absolute atomic E-state index is 0.0111. The lowest BCUT2D eigenvalue weighted by molar-refractivity contribution is 0.0299. The molecule has 1 saturated heterocycles. The molecule has 194 valence electrons. The Kier molecular flexibility index (Phi) is 6.86. The summed E-state index contributed by atoms with van der Waals surface area (Å²) in [7, 11) is 0. The van der Waals surface area contributed by atoms with Crippen molar-refractivity contribution in [1.82, 2.24) is 9.88 Å². The summed E-state index contributed by atoms with van der Waals surface area (Å²) in [6.45, 7) is 6.53. The van der Waals surface area contributed by atoms with Crippen molar-refractivity contribution in [2.24, 2.45) is 5.92 Å². The summed E-state index contributed by atoms with van der Waals surface area (Å²) in [4.78, 5) is 23.0. The van der Waals surface area contributed by atoms with Gasteiger partial charge in [0, 0.05) is 48.5 Å². The molecule has 3 aromatic carbocycles. The van der Waals surface area contributed by atoms with Gasteiger partial charge >= 0.3 is 0 Å². The number of amides is 1. The van der Waals surface area contributed by atoms with Crippen LogP contribution in [0.15, 0.2) is 91.0 Å². The fourth-order valence-corrected chi connectivity index (χ4v) is 6.33. The highest BCUT2D eigenvalue weighted by molar-refractivity contribution is 6.04. The van der Waals surface area contributed by atoms with E-state index in [2.05, 4.69) is 75.6 Å². The Labute approximate surface area is 225 Å². The maximum atomic E-state index is 13.2. The Balaban J connectivity index is 1.23. The number of rotatable bonds is 5. The number of benzene rings is 3. The molecule has 2 aliphatic rings. The maximum Gasteiger partial charge on any atom is 0.274 e. The third-order valence-electron chi connectivity index (χ3n) is 8.60. The predicted octanol–water partition coefficient (Wildman–Crippen LogP) is 6.71. The number of hydrogen-bond donors (Lipinski definition) is 1. The molecule has 0 unspecified atom stereocenters. The van der Waals surface area contributed by atoms with Gasteiger partial charge in [-0.2, -0.15) is 0 Å². The smallest absolute Gasteiger partial charge is 0.274 e. The molecule has 5 heteroatoms. The number of anilines is 2. The topological polar surface area (TPSA) is 48.5 Å². The number of carbonyl (C=O) groups excluding carboxylic acids is 1. The zero-order valence-electron chi connectivity index (χ0n) is 22.1. The molecule has 1 saturated carbocycles. The van der Waals surface area contributed by atoms with Crippen molar-refractivity contribution >= 4 is 28.2 Å². The molecule has 1 N–H and O–H groups in total. The van der Waals surface area contributed by atoms with Crippen molar-refractivity contribution in [3.05, 3.63) is 102 Å². The number of carbonyl (C=O) groups is 1. The van der Waals surface area contributed by atoms with Crippen molar-refractivity contribution in [3.63, 3.8) is 0 Å². The number of aromatic nitrogens is 1. The van der Waals surface area contributed by atoms with Crippen molar-refractivity contribution in [1.29, 1.82) is 0 Å². The Morgan fingerprint density at radius 2 is 1.58 bits per heavy atom. The summed E-state index contributed by atoms with van der Waals surface area (Å²) >= 11 is 0. The molecule has 38 heavy (non-hydrogen) atoms. The average molecular weight is 505 g/mol. The second-order valence-corrected chi connectivity index (χ2v) is 10.9. The van der Waals surface area contributed by atoms with Gasteiger partial charge in [0.25, 0.3) is 5.91 Å². The molecular weight excluding hydrogens is 468 g/mol. The summed E-state index contributed by atoms with van der Waals surface area (Å²) in [6, 6.07) is 31.0. The van der Waals surface area contributed by atoms with Crippen molar-refractivity contribution < 1.29 is 4.79 Å². The minimum Gasteiger partial charge on any atom is -0.369 e. The van der Waals surface area contributed by atoms with Crippen LogP contribution in [-0.4, -0.2) is 42.0 Å². The molecule has 0 bridgehead atoms. The molecule has 0 spiro atoms. The van der Waals surface area contributed by atoms with E-state index in [1.165, 1.54) is 24.1 Å². The largest absolute Gasteiger partial charge is 0.369 e. The first kappa shape index (κ1) is 24.6. The Morgan fingerprint density at radius 3 is 2.37 bits per heavy atom. The lowest BCUT2D eigenvalue weighted by Gasteiger charge is -2.51. The standard InChI is InChI=1S/C33H36N4O/c1-25-16-18-33(19-17-25,37-22-20-36(21-23-37)29-11-3-2-4-12-29)27-9-7-10-28(24-27)34-32(38)31-15-14-26-8-5-6-13-30(26)35-31/h2-15,24-25H,16-23H2,1H3,(H,34,38)/t25-,33-. The molecule has 1 amide bonds. The monoisotopic (exact) mass is 504 g/mol. The SMILES string of the molecule is C[C@H]1CC[C@](c2cccc(NC(=O)c3ccc4ccccc4n3)c2)(N2CCN(c3ccccc3)CC2)CC1. The lowest BCUT2D eigenvalue weighted by atomic mass is 9.71. The number of piperazine rings is 1. The highest BCUT2D eigenvalue weighted by Gasteiger charge is 2.42. The second-order valence-electron chi connectivity index (χ2n) is 10.9. The third-order valence-corrected chi connectivity index (χ3v) is 8.60. The first-order valence-electron chi connectivity index (χ1n) is 13.9. The first-order valence-corrected chi connectivity index (χ1v) is 13.9. The zero-order valence-corrected chi connectivity index (χ0v) is 22.1. The van der Waals surface area contributed by atoms with Gasteiger partial charge in [-0.15, -0.1) is 0 Å². The van der Waals surface area contributed by atoms with E-state index in [1.54, 1.807) is 6.07 Å². The molecule has 5 nitrogen and oxygen atoms in total. The molecule has 6 rings (SSSR count). The van der Waals surface area contributed by atoms with Gasteiger partial charge in [0.05, 0.1) is 5.52 Å². The van der Waals surface area contributed by atoms with Crippen LogP contribution in [0, 0.1) is 5.92 Å². The van der Waals surface area contributed by atoms with Crippen LogP contribution in [0.25, 0.3) is 10.9 Å². The van der Waals surface area contributed by atoms with Crippen LogP contribution in [0.1, 0.15) is 48.7 Å². The molecule has 2 fully saturated rings. The highest BCUT2D eigenvalue weighted by atomic mass is 16.1. The number of pyridine rings is 1. The van der Waals surface area contributed by atoms with Crippen LogP contribution in [0.4, 0.5) is 11.4 Å². The second kappa shape index (κ2) is 10.6. The maximum absolute atomic E-state index is 13.2. The average Bonchev–Trinajstić information content (AvgIpc) is 2.98. The van der Waals surface area contributed by atoms with Gasteiger partial charge in [0.2, 0.25) is 0 Å². The molecule has 1 aliphatic heterocycles. The minimum atomic E-state index is -0.171.